The van der Waals surface area contributed by atoms with Gasteiger partial charge in [-0.3, -0.25) is 4.79 Å². The molecular weight excluding hydrogens is 416 g/mol. The first-order valence-corrected chi connectivity index (χ1v) is 10.4. The Morgan fingerprint density at radius 2 is 1.77 bits per heavy atom. The molecule has 1 aromatic heterocycles. The fourth-order valence-corrected chi connectivity index (χ4v) is 3.94. The van der Waals surface area contributed by atoms with Crippen LogP contribution in [0.1, 0.15) is 44.9 Å². The topological polar surface area (TPSA) is 76.5 Å². The van der Waals surface area contributed by atoms with E-state index in [2.05, 4.69) is 15.3 Å². The molecule has 1 amide bonds. The average Bonchev–Trinajstić information content (AvgIpc) is 3.31. The van der Waals surface area contributed by atoms with Gasteiger partial charge in [0.05, 0.1) is 31.0 Å². The van der Waals surface area contributed by atoms with Crippen LogP contribution in [0.25, 0.3) is 0 Å². The van der Waals surface area contributed by atoms with Crippen LogP contribution in [0.4, 0.5) is 11.5 Å². The number of anilines is 2. The normalized spacial score (nSPS) is 13.6. The molecule has 0 unspecified atom stereocenters. The maximum Gasteiger partial charge on any atom is 0.337 e. The number of ether oxygens (including phenoxy) is 1. The molecule has 2 aromatic carbocycles. The molecule has 4 rings (SSSR count). The monoisotopic (exact) mass is 438 g/mol. The number of carbonyl (C=O) groups is 2. The largest absolute Gasteiger partial charge is 0.465 e. The van der Waals surface area contributed by atoms with Crippen molar-refractivity contribution in [3.63, 3.8) is 0 Å². The summed E-state index contributed by atoms with van der Waals surface area (Å²) >= 11 is 6.03. The standard InChI is InChI=1S/C23H23ClN4O3/c1-14(16-4-6-17(7-5-16)23(30)31-3)25-21(29)20-15(2)26-28-13-12-27(22(20)28)19-10-8-18(24)9-11-19/h4-11,14H,12-13H2,1-3H3,(H,25,29)/t14-/m0/s1. The van der Waals surface area contributed by atoms with Crippen molar-refractivity contribution in [2.24, 2.45) is 0 Å². The number of methoxy groups -OCH3 is 1. The van der Waals surface area contributed by atoms with Gasteiger partial charge in [-0.1, -0.05) is 23.7 Å². The highest BCUT2D eigenvalue weighted by molar-refractivity contribution is 6.30. The van der Waals surface area contributed by atoms with Crippen LogP contribution in [0.5, 0.6) is 0 Å². The second-order valence-electron chi connectivity index (χ2n) is 7.44. The number of nitrogens with zero attached hydrogens (tertiary/aromatic N) is 3. The molecule has 0 aliphatic carbocycles. The molecule has 1 aliphatic heterocycles. The van der Waals surface area contributed by atoms with E-state index in [-0.39, 0.29) is 11.9 Å². The average molecular weight is 439 g/mol. The zero-order valence-electron chi connectivity index (χ0n) is 17.6. The van der Waals surface area contributed by atoms with Crippen LogP contribution in [0.2, 0.25) is 5.02 Å². The summed E-state index contributed by atoms with van der Waals surface area (Å²) in [6.45, 7) is 5.18. The van der Waals surface area contributed by atoms with Gasteiger partial charge >= 0.3 is 5.97 Å². The second-order valence-corrected chi connectivity index (χ2v) is 7.88. The number of rotatable bonds is 5. The minimum absolute atomic E-state index is 0.191. The van der Waals surface area contributed by atoms with Gasteiger partial charge in [0.15, 0.2) is 0 Å². The molecule has 0 bridgehead atoms. The van der Waals surface area contributed by atoms with Gasteiger partial charge < -0.3 is 15.0 Å². The zero-order chi connectivity index (χ0) is 22.1. The Bertz CT molecular complexity index is 1120. The second kappa shape index (κ2) is 8.43. The summed E-state index contributed by atoms with van der Waals surface area (Å²) in [5.74, 6) is 0.200. The molecule has 8 heteroatoms. The van der Waals surface area contributed by atoms with Crippen molar-refractivity contribution < 1.29 is 14.3 Å². The Morgan fingerprint density at radius 3 is 2.42 bits per heavy atom. The van der Waals surface area contributed by atoms with Gasteiger partial charge in [0.25, 0.3) is 5.91 Å². The molecular formula is C23H23ClN4O3. The molecule has 0 radical (unpaired) electrons. The summed E-state index contributed by atoms with van der Waals surface area (Å²) in [5, 5.41) is 8.28. The number of hydrogen-bond acceptors (Lipinski definition) is 5. The van der Waals surface area contributed by atoms with Gasteiger partial charge in [0.1, 0.15) is 11.4 Å². The molecule has 0 fully saturated rings. The van der Waals surface area contributed by atoms with Crippen LogP contribution in [0.3, 0.4) is 0 Å². The zero-order valence-corrected chi connectivity index (χ0v) is 18.3. The smallest absolute Gasteiger partial charge is 0.337 e. The van der Waals surface area contributed by atoms with Crippen molar-refractivity contribution in [1.29, 1.82) is 0 Å². The first kappa shape index (κ1) is 20.9. The van der Waals surface area contributed by atoms with Gasteiger partial charge in [-0.2, -0.15) is 5.10 Å². The number of aromatic nitrogens is 2. The van der Waals surface area contributed by atoms with Gasteiger partial charge in [-0.15, -0.1) is 0 Å². The molecule has 0 spiro atoms. The molecule has 2 heterocycles. The first-order chi connectivity index (χ1) is 14.9. The van der Waals surface area contributed by atoms with Crippen LogP contribution >= 0.6 is 11.6 Å². The SMILES string of the molecule is COC(=O)c1ccc([C@H](C)NC(=O)c2c(C)nn3c2N(c2ccc(Cl)cc2)CC3)cc1. The molecule has 1 N–H and O–H groups in total. The first-order valence-electron chi connectivity index (χ1n) is 9.98. The Hall–Kier alpha value is -3.32. The maximum atomic E-state index is 13.2. The minimum atomic E-state index is -0.392. The highest BCUT2D eigenvalue weighted by Crippen LogP contribution is 2.35. The lowest BCUT2D eigenvalue weighted by Gasteiger charge is -2.20. The lowest BCUT2D eigenvalue weighted by Crippen LogP contribution is -2.28. The molecule has 0 saturated carbocycles. The van der Waals surface area contributed by atoms with Gasteiger partial charge in [0.2, 0.25) is 0 Å². The number of aryl methyl sites for hydroxylation is 1. The van der Waals surface area contributed by atoms with Crippen LogP contribution in [0, 0.1) is 6.92 Å². The summed E-state index contributed by atoms with van der Waals surface area (Å²) in [7, 11) is 1.35. The molecule has 1 aliphatic rings. The lowest BCUT2D eigenvalue weighted by molar-refractivity contribution is 0.0600. The third-order valence-corrected chi connectivity index (χ3v) is 5.69. The molecule has 1 atom stereocenters. The third kappa shape index (κ3) is 4.01. The summed E-state index contributed by atoms with van der Waals surface area (Å²) < 4.78 is 6.60. The fraction of sp³-hybridized carbons (Fsp3) is 0.261. The number of hydrogen-bond donors (Lipinski definition) is 1. The van der Waals surface area contributed by atoms with E-state index in [4.69, 9.17) is 16.3 Å². The molecule has 0 saturated heterocycles. The van der Waals surface area contributed by atoms with Crippen molar-refractivity contribution in [2.75, 3.05) is 18.6 Å². The van der Waals surface area contributed by atoms with Gasteiger partial charge in [0, 0.05) is 17.3 Å². The van der Waals surface area contributed by atoms with Crippen molar-refractivity contribution in [2.45, 2.75) is 26.4 Å². The highest BCUT2D eigenvalue weighted by atomic mass is 35.5. The van der Waals surface area contributed by atoms with Crippen molar-refractivity contribution >= 4 is 35.0 Å². The van der Waals surface area contributed by atoms with E-state index in [0.29, 0.717) is 28.4 Å². The number of nitrogens with one attached hydrogen (secondary N) is 1. The maximum absolute atomic E-state index is 13.2. The quantitative estimate of drug-likeness (QED) is 0.602. The fourth-order valence-electron chi connectivity index (χ4n) is 3.82. The molecule has 160 valence electrons. The summed E-state index contributed by atoms with van der Waals surface area (Å²) in [6.07, 6.45) is 0. The number of benzene rings is 2. The van der Waals surface area contributed by atoms with E-state index < -0.39 is 5.97 Å². The molecule has 3 aromatic rings. The Morgan fingerprint density at radius 1 is 1.10 bits per heavy atom. The van der Waals surface area contributed by atoms with E-state index in [1.165, 1.54) is 7.11 Å². The summed E-state index contributed by atoms with van der Waals surface area (Å²) in [6, 6.07) is 14.3. The van der Waals surface area contributed by atoms with Crippen molar-refractivity contribution in [3.05, 3.63) is 75.9 Å². The van der Waals surface area contributed by atoms with E-state index in [9.17, 15) is 9.59 Å². The Kier molecular flexibility index (Phi) is 5.69. The number of halogens is 1. The Labute approximate surface area is 185 Å². The number of carbonyl (C=O) groups excluding carboxylic acids is 2. The van der Waals surface area contributed by atoms with E-state index in [1.54, 1.807) is 12.1 Å². The number of amides is 1. The van der Waals surface area contributed by atoms with Gasteiger partial charge in [-0.25, -0.2) is 9.48 Å². The summed E-state index contributed by atoms with van der Waals surface area (Å²) in [5.41, 5.74) is 3.55. The summed E-state index contributed by atoms with van der Waals surface area (Å²) in [4.78, 5) is 26.9. The Balaban J connectivity index is 1.57. The highest BCUT2D eigenvalue weighted by Gasteiger charge is 2.31. The van der Waals surface area contributed by atoms with E-state index >= 15 is 0 Å². The van der Waals surface area contributed by atoms with Crippen molar-refractivity contribution in [1.82, 2.24) is 15.1 Å². The predicted molar refractivity (Wildman–Crippen MR) is 119 cm³/mol. The lowest BCUT2D eigenvalue weighted by atomic mass is 10.1. The third-order valence-electron chi connectivity index (χ3n) is 5.44. The molecule has 31 heavy (non-hydrogen) atoms. The van der Waals surface area contributed by atoms with Crippen LogP contribution in [-0.4, -0.2) is 35.3 Å². The predicted octanol–water partition coefficient (Wildman–Crippen LogP) is 4.27. The van der Waals surface area contributed by atoms with Crippen molar-refractivity contribution in [3.8, 4) is 0 Å². The van der Waals surface area contributed by atoms with Crippen LogP contribution in [0.15, 0.2) is 48.5 Å². The minimum Gasteiger partial charge on any atom is -0.465 e. The van der Waals surface area contributed by atoms with E-state index in [1.807, 2.05) is 54.9 Å². The van der Waals surface area contributed by atoms with Crippen LogP contribution in [-0.2, 0) is 11.3 Å². The number of fused-ring (bicyclic) bond motifs is 1. The number of esters is 1. The molecule has 7 nitrogen and oxygen atoms in total. The van der Waals surface area contributed by atoms with E-state index in [0.717, 1.165) is 23.6 Å². The van der Waals surface area contributed by atoms with Gasteiger partial charge in [-0.05, 0) is 55.8 Å². The van der Waals surface area contributed by atoms with Crippen LogP contribution < -0.4 is 10.2 Å².